The highest BCUT2D eigenvalue weighted by Crippen LogP contribution is 2.29. The highest BCUT2D eigenvalue weighted by Gasteiger charge is 2.27. The van der Waals surface area contributed by atoms with Crippen LogP contribution in [0.1, 0.15) is 50.4 Å². The van der Waals surface area contributed by atoms with Gasteiger partial charge in [0.2, 0.25) is 0 Å². The molecule has 1 aromatic carbocycles. The van der Waals surface area contributed by atoms with Crippen molar-refractivity contribution < 1.29 is 9.53 Å². The standard InChI is InChI=1S/C15H20O2/c1-4-15(2,3)14(16)11-5-7-12(8-6-11)17-13-9-10-13/h5-8,13H,4,9-10H2,1-3H3. The first-order chi connectivity index (χ1) is 8.03. The molecule has 17 heavy (non-hydrogen) atoms. The normalized spacial score (nSPS) is 15.7. The fourth-order valence-electron chi connectivity index (χ4n) is 1.61. The Morgan fingerprint density at radius 3 is 2.35 bits per heavy atom. The third-order valence-corrected chi connectivity index (χ3v) is 3.44. The number of hydrogen-bond donors (Lipinski definition) is 0. The van der Waals surface area contributed by atoms with Crippen molar-refractivity contribution in [1.82, 2.24) is 0 Å². The number of benzene rings is 1. The van der Waals surface area contributed by atoms with E-state index in [0.717, 1.165) is 30.6 Å². The Bertz CT molecular complexity index is 399. The molecule has 0 N–H and O–H groups in total. The van der Waals surface area contributed by atoms with Gasteiger partial charge in [0.25, 0.3) is 0 Å². The maximum Gasteiger partial charge on any atom is 0.168 e. The second-order valence-electron chi connectivity index (χ2n) is 5.41. The van der Waals surface area contributed by atoms with Crippen molar-refractivity contribution >= 4 is 5.78 Å². The summed E-state index contributed by atoms with van der Waals surface area (Å²) in [5, 5.41) is 0. The van der Waals surface area contributed by atoms with Gasteiger partial charge in [0.05, 0.1) is 6.10 Å². The molecule has 0 bridgehead atoms. The van der Waals surface area contributed by atoms with Crippen LogP contribution in [0, 0.1) is 5.41 Å². The van der Waals surface area contributed by atoms with Crippen LogP contribution >= 0.6 is 0 Å². The summed E-state index contributed by atoms with van der Waals surface area (Å²) in [7, 11) is 0. The maximum atomic E-state index is 12.2. The number of ketones is 1. The Labute approximate surface area is 103 Å². The number of hydrogen-bond acceptors (Lipinski definition) is 2. The van der Waals surface area contributed by atoms with Gasteiger partial charge in [-0.25, -0.2) is 0 Å². The molecule has 0 aliphatic heterocycles. The highest BCUT2D eigenvalue weighted by atomic mass is 16.5. The second kappa shape index (κ2) is 4.52. The lowest BCUT2D eigenvalue weighted by atomic mass is 9.82. The summed E-state index contributed by atoms with van der Waals surface area (Å²) in [5.74, 6) is 1.08. The molecule has 1 fully saturated rings. The Morgan fingerprint density at radius 2 is 1.88 bits per heavy atom. The Hall–Kier alpha value is -1.31. The molecule has 0 heterocycles. The van der Waals surface area contributed by atoms with Crippen molar-refractivity contribution in [2.24, 2.45) is 5.41 Å². The van der Waals surface area contributed by atoms with Crippen LogP contribution in [0.25, 0.3) is 0 Å². The number of ether oxygens (including phenoxy) is 1. The largest absolute Gasteiger partial charge is 0.490 e. The molecule has 0 amide bonds. The molecule has 1 saturated carbocycles. The summed E-state index contributed by atoms with van der Waals surface area (Å²) in [5.41, 5.74) is 0.499. The van der Waals surface area contributed by atoms with Gasteiger partial charge in [-0.1, -0.05) is 20.8 Å². The summed E-state index contributed by atoms with van der Waals surface area (Å²) in [4.78, 5) is 12.2. The monoisotopic (exact) mass is 232 g/mol. The van der Waals surface area contributed by atoms with E-state index in [1.165, 1.54) is 0 Å². The minimum Gasteiger partial charge on any atom is -0.490 e. The first kappa shape index (κ1) is 12.2. The van der Waals surface area contributed by atoms with Crippen LogP contribution in [0.15, 0.2) is 24.3 Å². The molecule has 0 saturated heterocycles. The van der Waals surface area contributed by atoms with Crippen LogP contribution in [0.5, 0.6) is 5.75 Å². The maximum absolute atomic E-state index is 12.2. The SMILES string of the molecule is CCC(C)(C)C(=O)c1ccc(OC2CC2)cc1. The molecule has 0 aromatic heterocycles. The Kier molecular flexibility index (Phi) is 3.23. The topological polar surface area (TPSA) is 26.3 Å². The van der Waals surface area contributed by atoms with Crippen molar-refractivity contribution in [1.29, 1.82) is 0 Å². The highest BCUT2D eigenvalue weighted by molar-refractivity contribution is 6.00. The Balaban J connectivity index is 2.08. The lowest BCUT2D eigenvalue weighted by Gasteiger charge is -2.20. The second-order valence-corrected chi connectivity index (χ2v) is 5.41. The first-order valence-corrected chi connectivity index (χ1v) is 6.34. The van der Waals surface area contributed by atoms with Gasteiger partial charge in [-0.15, -0.1) is 0 Å². The zero-order chi connectivity index (χ0) is 12.5. The van der Waals surface area contributed by atoms with Crippen molar-refractivity contribution in [3.8, 4) is 5.75 Å². The van der Waals surface area contributed by atoms with Crippen molar-refractivity contribution in [3.63, 3.8) is 0 Å². The zero-order valence-corrected chi connectivity index (χ0v) is 10.8. The smallest absolute Gasteiger partial charge is 0.168 e. The van der Waals surface area contributed by atoms with Crippen molar-refractivity contribution in [2.75, 3.05) is 0 Å². The van der Waals surface area contributed by atoms with Gasteiger partial charge in [-0.05, 0) is 43.5 Å². The molecule has 2 heteroatoms. The number of carbonyl (C=O) groups is 1. The molecule has 2 nitrogen and oxygen atoms in total. The van der Waals surface area contributed by atoms with Crippen molar-refractivity contribution in [3.05, 3.63) is 29.8 Å². The van der Waals surface area contributed by atoms with E-state index in [2.05, 4.69) is 0 Å². The fourth-order valence-corrected chi connectivity index (χ4v) is 1.61. The lowest BCUT2D eigenvalue weighted by Crippen LogP contribution is -2.23. The fraction of sp³-hybridized carbons (Fsp3) is 0.533. The van der Waals surface area contributed by atoms with E-state index >= 15 is 0 Å². The van der Waals surface area contributed by atoms with Gasteiger partial charge in [-0.3, -0.25) is 4.79 Å². The zero-order valence-electron chi connectivity index (χ0n) is 10.8. The van der Waals surface area contributed by atoms with Crippen LogP contribution in [0.3, 0.4) is 0 Å². The molecule has 0 unspecified atom stereocenters. The van der Waals surface area contributed by atoms with E-state index in [0.29, 0.717) is 6.10 Å². The Morgan fingerprint density at radius 1 is 1.29 bits per heavy atom. The molecule has 92 valence electrons. The van der Waals surface area contributed by atoms with E-state index in [1.54, 1.807) is 0 Å². The van der Waals surface area contributed by atoms with Gasteiger partial charge in [0.15, 0.2) is 5.78 Å². The minimum absolute atomic E-state index is 0.206. The van der Waals surface area contributed by atoms with E-state index in [4.69, 9.17) is 4.74 Å². The minimum atomic E-state index is -0.279. The van der Waals surface area contributed by atoms with E-state index in [-0.39, 0.29) is 11.2 Å². The lowest BCUT2D eigenvalue weighted by molar-refractivity contribution is 0.0833. The third-order valence-electron chi connectivity index (χ3n) is 3.44. The predicted molar refractivity (Wildman–Crippen MR) is 68.5 cm³/mol. The third kappa shape index (κ3) is 2.87. The number of rotatable bonds is 5. The molecule has 2 rings (SSSR count). The summed E-state index contributed by atoms with van der Waals surface area (Å²) in [6.45, 7) is 6.02. The van der Waals surface area contributed by atoms with Gasteiger partial charge in [0, 0.05) is 11.0 Å². The molecule has 1 aliphatic rings. The summed E-state index contributed by atoms with van der Waals surface area (Å²) in [6, 6.07) is 7.55. The van der Waals surface area contributed by atoms with Gasteiger partial charge >= 0.3 is 0 Å². The van der Waals surface area contributed by atoms with Crippen LogP contribution < -0.4 is 4.74 Å². The number of carbonyl (C=O) groups excluding carboxylic acids is 1. The number of Topliss-reactive ketones (excluding diaryl/α,β-unsaturated/α-hetero) is 1. The van der Waals surface area contributed by atoms with Gasteiger partial charge in [-0.2, -0.15) is 0 Å². The van der Waals surface area contributed by atoms with E-state index in [1.807, 2.05) is 45.0 Å². The molecule has 0 radical (unpaired) electrons. The van der Waals surface area contributed by atoms with Gasteiger partial charge in [0.1, 0.15) is 5.75 Å². The average Bonchev–Trinajstić information content (AvgIpc) is 3.13. The van der Waals surface area contributed by atoms with E-state index < -0.39 is 0 Å². The van der Waals surface area contributed by atoms with Crippen LogP contribution in [-0.4, -0.2) is 11.9 Å². The molecule has 0 spiro atoms. The quantitative estimate of drug-likeness (QED) is 0.721. The summed E-state index contributed by atoms with van der Waals surface area (Å²) in [6.07, 6.45) is 3.57. The molecular formula is C15H20O2. The molecule has 1 aromatic rings. The van der Waals surface area contributed by atoms with Crippen LogP contribution in [-0.2, 0) is 0 Å². The van der Waals surface area contributed by atoms with Crippen LogP contribution in [0.4, 0.5) is 0 Å². The molecular weight excluding hydrogens is 212 g/mol. The summed E-state index contributed by atoms with van der Waals surface area (Å²) < 4.78 is 5.66. The average molecular weight is 232 g/mol. The van der Waals surface area contributed by atoms with E-state index in [9.17, 15) is 4.79 Å². The van der Waals surface area contributed by atoms with Crippen molar-refractivity contribution in [2.45, 2.75) is 46.1 Å². The molecule has 0 atom stereocenters. The van der Waals surface area contributed by atoms with Crippen LogP contribution in [0.2, 0.25) is 0 Å². The molecule has 1 aliphatic carbocycles. The first-order valence-electron chi connectivity index (χ1n) is 6.34. The van der Waals surface area contributed by atoms with Gasteiger partial charge < -0.3 is 4.74 Å². The predicted octanol–water partition coefficient (Wildman–Crippen LogP) is 3.85. The summed E-state index contributed by atoms with van der Waals surface area (Å²) >= 11 is 0.